The second-order valence-corrected chi connectivity index (χ2v) is 14.3. The quantitative estimate of drug-likeness (QED) is 0.0571. The topological polar surface area (TPSA) is 62.9 Å². The van der Waals surface area contributed by atoms with Crippen molar-refractivity contribution in [3.8, 4) is 11.5 Å². The zero-order valence-corrected chi connectivity index (χ0v) is 32.9. The van der Waals surface area contributed by atoms with Crippen LogP contribution >= 0.6 is 0 Å². The van der Waals surface area contributed by atoms with Crippen LogP contribution in [0.3, 0.4) is 0 Å². The van der Waals surface area contributed by atoms with Crippen LogP contribution in [-0.4, -0.2) is 39.6 Å². The van der Waals surface area contributed by atoms with Crippen LogP contribution in [0.15, 0.2) is 182 Å². The highest BCUT2D eigenvalue weighted by molar-refractivity contribution is 5.76. The molecule has 0 saturated heterocycles. The Labute approximate surface area is 337 Å². The van der Waals surface area contributed by atoms with E-state index in [0.29, 0.717) is 39.6 Å². The van der Waals surface area contributed by atoms with Gasteiger partial charge in [0.2, 0.25) is 0 Å². The first-order chi connectivity index (χ1) is 28.0. The summed E-state index contributed by atoms with van der Waals surface area (Å²) in [5.74, 6) is 1.89. The number of nitrogens with two attached hydrogens (primary N) is 1. The number of ether oxygens (including phenoxy) is 4. The molecule has 288 valence electrons. The molecule has 0 spiro atoms. The largest absolute Gasteiger partial charge is 0.491 e. The lowest BCUT2D eigenvalue weighted by atomic mass is 9.64. The molecule has 1 unspecified atom stereocenters. The molecular formula is C52H51NO4. The summed E-state index contributed by atoms with van der Waals surface area (Å²) in [5.41, 5.74) is 16.7. The lowest BCUT2D eigenvalue weighted by Gasteiger charge is -2.37. The van der Waals surface area contributed by atoms with Gasteiger partial charge in [0.1, 0.15) is 24.7 Å². The van der Waals surface area contributed by atoms with Crippen molar-refractivity contribution in [3.05, 3.63) is 227 Å². The molecule has 6 aromatic rings. The monoisotopic (exact) mass is 753 g/mol. The molecule has 0 aliphatic heterocycles. The van der Waals surface area contributed by atoms with Crippen LogP contribution in [0, 0.1) is 13.8 Å². The lowest BCUT2D eigenvalue weighted by Crippen LogP contribution is -2.31. The number of rotatable bonds is 17. The number of hydrogen-bond donors (Lipinski definition) is 1. The Balaban J connectivity index is 0.873. The van der Waals surface area contributed by atoms with Crippen molar-refractivity contribution in [2.24, 2.45) is 0 Å². The fourth-order valence-electron chi connectivity index (χ4n) is 7.71. The number of anilines is 1. The molecule has 0 radical (unpaired) electrons. The van der Waals surface area contributed by atoms with Gasteiger partial charge in [0.05, 0.1) is 31.8 Å². The van der Waals surface area contributed by atoms with Crippen LogP contribution in [0.4, 0.5) is 5.69 Å². The number of nitrogen functional groups attached to an aromatic ring is 1. The Morgan fingerprint density at radius 3 is 1.58 bits per heavy atom. The van der Waals surface area contributed by atoms with Gasteiger partial charge in [0, 0.05) is 11.6 Å². The molecule has 0 heterocycles. The Kier molecular flexibility index (Phi) is 13.1. The van der Waals surface area contributed by atoms with Crippen LogP contribution in [0.2, 0.25) is 0 Å². The Morgan fingerprint density at radius 2 is 1.04 bits per heavy atom. The number of allylic oxidation sites excluding steroid dienone is 6. The molecule has 0 amide bonds. The highest BCUT2D eigenvalue weighted by Gasteiger charge is 2.38. The van der Waals surface area contributed by atoms with Crippen molar-refractivity contribution >= 4 is 11.3 Å². The van der Waals surface area contributed by atoms with Crippen LogP contribution < -0.4 is 15.2 Å². The first-order valence-electron chi connectivity index (χ1n) is 19.7. The number of benzene rings is 6. The minimum absolute atomic E-state index is 0.179. The van der Waals surface area contributed by atoms with Crippen molar-refractivity contribution in [2.75, 3.05) is 45.4 Å². The molecule has 1 aliphatic carbocycles. The summed E-state index contributed by atoms with van der Waals surface area (Å²) in [6, 6.07) is 53.2. The van der Waals surface area contributed by atoms with Gasteiger partial charge in [-0.3, -0.25) is 0 Å². The molecule has 0 bridgehead atoms. The average molecular weight is 754 g/mol. The molecule has 5 nitrogen and oxygen atoms in total. The summed E-state index contributed by atoms with van der Waals surface area (Å²) >= 11 is 0. The second-order valence-electron chi connectivity index (χ2n) is 14.3. The highest BCUT2D eigenvalue weighted by atomic mass is 16.6. The molecule has 5 heteroatoms. The summed E-state index contributed by atoms with van der Waals surface area (Å²) in [5, 5.41) is 0. The van der Waals surface area contributed by atoms with Crippen molar-refractivity contribution in [2.45, 2.75) is 25.2 Å². The first-order valence-corrected chi connectivity index (χ1v) is 19.7. The number of aryl methyl sites for hydroxylation is 2. The zero-order valence-electron chi connectivity index (χ0n) is 32.9. The molecule has 2 N–H and O–H groups in total. The van der Waals surface area contributed by atoms with E-state index in [1.54, 1.807) is 0 Å². The predicted octanol–water partition coefficient (Wildman–Crippen LogP) is 11.1. The maximum Gasteiger partial charge on any atom is 0.125 e. The second kappa shape index (κ2) is 19.1. The van der Waals surface area contributed by atoms with Crippen molar-refractivity contribution in [3.63, 3.8) is 0 Å². The third-order valence-electron chi connectivity index (χ3n) is 10.4. The van der Waals surface area contributed by atoms with Crippen LogP contribution in [-0.2, 0) is 14.9 Å². The van der Waals surface area contributed by atoms with E-state index in [1.807, 2.05) is 24.3 Å². The molecule has 0 saturated carbocycles. The van der Waals surface area contributed by atoms with E-state index < -0.39 is 5.41 Å². The Morgan fingerprint density at radius 1 is 0.526 bits per heavy atom. The van der Waals surface area contributed by atoms with E-state index in [-0.39, 0.29) is 5.92 Å². The minimum Gasteiger partial charge on any atom is -0.491 e. The summed E-state index contributed by atoms with van der Waals surface area (Å²) < 4.78 is 23.9. The Hall–Kier alpha value is -6.14. The van der Waals surface area contributed by atoms with Gasteiger partial charge in [-0.25, -0.2) is 0 Å². The van der Waals surface area contributed by atoms with E-state index in [1.165, 1.54) is 27.8 Å². The smallest absolute Gasteiger partial charge is 0.125 e. The van der Waals surface area contributed by atoms with Gasteiger partial charge in [-0.05, 0) is 88.2 Å². The minimum atomic E-state index is -0.497. The average Bonchev–Trinajstić information content (AvgIpc) is 3.51. The summed E-state index contributed by atoms with van der Waals surface area (Å²) in [6.07, 6.45) is 10.8. The third kappa shape index (κ3) is 9.46. The van der Waals surface area contributed by atoms with E-state index in [9.17, 15) is 0 Å². The lowest BCUT2D eigenvalue weighted by molar-refractivity contribution is 0.0272. The zero-order chi connectivity index (χ0) is 39.3. The SMILES string of the molecule is Cc1cc(C(c2ccccc2)(c2ccccc2)c2ccccc2)cc(C)c1OCCOCCOCCOc1ccc(C2=CC(c3ccc(N)cc3)C=CC=C2)cc1. The van der Waals surface area contributed by atoms with Gasteiger partial charge >= 0.3 is 0 Å². The highest BCUT2D eigenvalue weighted by Crippen LogP contribution is 2.46. The van der Waals surface area contributed by atoms with Crippen molar-refractivity contribution in [1.29, 1.82) is 0 Å². The van der Waals surface area contributed by atoms with Crippen LogP contribution in [0.1, 0.15) is 50.4 Å². The summed E-state index contributed by atoms with van der Waals surface area (Å²) in [4.78, 5) is 0. The van der Waals surface area contributed by atoms with Gasteiger partial charge in [-0.15, -0.1) is 0 Å². The van der Waals surface area contributed by atoms with Gasteiger partial charge in [-0.1, -0.05) is 158 Å². The van der Waals surface area contributed by atoms with E-state index in [2.05, 4.69) is 172 Å². The fraction of sp³-hybridized carbons (Fsp3) is 0.192. The molecule has 0 aromatic heterocycles. The van der Waals surface area contributed by atoms with E-state index in [4.69, 9.17) is 24.7 Å². The van der Waals surface area contributed by atoms with Crippen LogP contribution in [0.25, 0.3) is 5.57 Å². The van der Waals surface area contributed by atoms with Gasteiger partial charge in [0.25, 0.3) is 0 Å². The summed E-state index contributed by atoms with van der Waals surface area (Å²) in [7, 11) is 0. The maximum absolute atomic E-state index is 6.33. The third-order valence-corrected chi connectivity index (χ3v) is 10.4. The normalized spacial score (nSPS) is 13.9. The molecule has 1 aliphatic rings. The molecule has 0 fully saturated rings. The van der Waals surface area contributed by atoms with Crippen molar-refractivity contribution in [1.82, 2.24) is 0 Å². The molecule has 7 rings (SSSR count). The molecule has 6 aromatic carbocycles. The van der Waals surface area contributed by atoms with Gasteiger partial charge in [0.15, 0.2) is 0 Å². The fourth-order valence-corrected chi connectivity index (χ4v) is 7.71. The van der Waals surface area contributed by atoms with Crippen molar-refractivity contribution < 1.29 is 18.9 Å². The molecule has 57 heavy (non-hydrogen) atoms. The summed E-state index contributed by atoms with van der Waals surface area (Å²) in [6.45, 7) is 7.09. The maximum atomic E-state index is 6.33. The predicted molar refractivity (Wildman–Crippen MR) is 233 cm³/mol. The molecule has 1 atom stereocenters. The van der Waals surface area contributed by atoms with E-state index >= 15 is 0 Å². The van der Waals surface area contributed by atoms with Gasteiger partial charge in [-0.2, -0.15) is 0 Å². The molecular weight excluding hydrogens is 703 g/mol. The number of hydrogen-bond acceptors (Lipinski definition) is 5. The van der Waals surface area contributed by atoms with E-state index in [0.717, 1.165) is 39.4 Å². The Bertz CT molecular complexity index is 2140. The first kappa shape index (κ1) is 39.1. The van der Waals surface area contributed by atoms with Gasteiger partial charge < -0.3 is 24.7 Å². The van der Waals surface area contributed by atoms with Crippen LogP contribution in [0.5, 0.6) is 11.5 Å². The standard InChI is InChI=1S/C52H51NO4/c1-39-36-48(52(45-16-6-3-7-17-45,46-18-8-4-9-19-46)47-20-10-5-11-21-47)37-40(2)51(39)57-35-33-55-31-30-54-32-34-56-50-28-24-42(25-29-50)44-15-13-12-14-43(38-44)41-22-26-49(53)27-23-41/h3-29,36-38,43H,30-35,53H2,1-2H3.